The molecule has 2 aromatic carbocycles. The lowest BCUT2D eigenvalue weighted by molar-refractivity contribution is -0.00239. The molecule has 202 valence electrons. The number of amides is 1. The minimum absolute atomic E-state index is 0.0146. The van der Waals surface area contributed by atoms with Crippen molar-refractivity contribution in [2.75, 3.05) is 0 Å². The molecule has 1 fully saturated rings. The minimum Gasteiger partial charge on any atom is -0.478 e. The van der Waals surface area contributed by atoms with Gasteiger partial charge in [0.1, 0.15) is 5.60 Å². The van der Waals surface area contributed by atoms with Crippen molar-refractivity contribution in [2.24, 2.45) is 0 Å². The summed E-state index contributed by atoms with van der Waals surface area (Å²) in [6.45, 7) is 16.8. The van der Waals surface area contributed by atoms with Gasteiger partial charge in [-0.25, -0.2) is 9.59 Å². The highest BCUT2D eigenvalue weighted by Gasteiger charge is 2.47. The summed E-state index contributed by atoms with van der Waals surface area (Å²) in [6.07, 6.45) is 1.63. The summed E-state index contributed by atoms with van der Waals surface area (Å²) >= 11 is 0. The molecule has 1 amide bonds. The summed E-state index contributed by atoms with van der Waals surface area (Å²) < 4.78 is 13.0. The number of ether oxygens (including phenoxy) is 1. The molecule has 1 aliphatic heterocycles. The van der Waals surface area contributed by atoms with E-state index in [-0.39, 0.29) is 34.9 Å². The maximum Gasteiger partial charge on any atom is 0.410 e. The molecule has 1 aliphatic rings. The average molecular weight is 526 g/mol. The van der Waals surface area contributed by atoms with Crippen molar-refractivity contribution in [1.82, 2.24) is 4.90 Å². The first-order valence-electron chi connectivity index (χ1n) is 13.2. The number of rotatable bonds is 7. The van der Waals surface area contributed by atoms with Gasteiger partial charge in [-0.15, -0.1) is 0 Å². The van der Waals surface area contributed by atoms with Crippen LogP contribution in [0.3, 0.4) is 0 Å². The number of carboxylic acids is 1. The Bertz CT molecular complexity index is 1070. The van der Waals surface area contributed by atoms with Crippen molar-refractivity contribution < 1.29 is 23.9 Å². The molecule has 3 rings (SSSR count). The molecule has 6 nitrogen and oxygen atoms in total. The molecule has 0 radical (unpaired) electrons. The van der Waals surface area contributed by atoms with Gasteiger partial charge in [-0.05, 0) is 81.4 Å². The molecule has 0 saturated carbocycles. The second-order valence-corrected chi connectivity index (χ2v) is 17.4. The molecule has 1 saturated heterocycles. The monoisotopic (exact) mass is 525 g/mol. The second kappa shape index (κ2) is 11.0. The Kier molecular flexibility index (Phi) is 8.59. The first-order valence-corrected chi connectivity index (χ1v) is 16.1. The highest BCUT2D eigenvalue weighted by molar-refractivity contribution is 6.74. The van der Waals surface area contributed by atoms with E-state index < -0.39 is 19.9 Å². The first kappa shape index (κ1) is 28.9. The van der Waals surface area contributed by atoms with Gasteiger partial charge < -0.3 is 14.3 Å². The van der Waals surface area contributed by atoms with Crippen LogP contribution in [0.25, 0.3) is 0 Å². The Hall–Kier alpha value is -2.64. The van der Waals surface area contributed by atoms with Gasteiger partial charge in [0.25, 0.3) is 0 Å². The van der Waals surface area contributed by atoms with Crippen LogP contribution in [0.4, 0.5) is 4.79 Å². The summed E-state index contributed by atoms with van der Waals surface area (Å²) in [5.74, 6) is -0.948. The van der Waals surface area contributed by atoms with Gasteiger partial charge >= 0.3 is 12.1 Å². The second-order valence-electron chi connectivity index (χ2n) is 12.6. The molecule has 1 heterocycles. The number of likely N-dealkylation sites (tertiary alicyclic amines) is 1. The summed E-state index contributed by atoms with van der Waals surface area (Å²) in [7, 11) is -2.18. The molecule has 2 aromatic rings. The van der Waals surface area contributed by atoms with E-state index in [9.17, 15) is 14.7 Å². The van der Waals surface area contributed by atoms with Crippen molar-refractivity contribution in [2.45, 2.75) is 103 Å². The molecule has 0 aromatic heterocycles. The number of carboxylic acid groups (broad SMARTS) is 1. The maximum atomic E-state index is 13.7. The van der Waals surface area contributed by atoms with Crippen LogP contribution in [0, 0.1) is 0 Å². The summed E-state index contributed by atoms with van der Waals surface area (Å²) in [5, 5.41) is 9.27. The minimum atomic E-state index is -2.18. The third kappa shape index (κ3) is 7.23. The molecule has 37 heavy (non-hydrogen) atoms. The van der Waals surface area contributed by atoms with E-state index in [1.54, 1.807) is 12.1 Å². The zero-order chi connectivity index (χ0) is 27.6. The smallest absolute Gasteiger partial charge is 0.410 e. The third-order valence-electron chi connectivity index (χ3n) is 7.53. The summed E-state index contributed by atoms with van der Waals surface area (Å²) in [4.78, 5) is 26.9. The van der Waals surface area contributed by atoms with Crippen molar-refractivity contribution in [3.8, 4) is 0 Å². The van der Waals surface area contributed by atoms with Crippen molar-refractivity contribution in [1.29, 1.82) is 0 Å². The Balaban J connectivity index is 1.99. The molecular formula is C30H43NO5Si. The predicted molar refractivity (Wildman–Crippen MR) is 149 cm³/mol. The standard InChI is InChI=1S/C30H43NO5Si/c1-29(2,3)35-28(34)31-24(20-21-14-16-23(17-15-21)27(32)33)18-19-25(31)26(22-12-10-9-11-13-22)36-37(7,8)30(4,5)6/h9-17,24-26H,18-20H2,1-8H3,(H,32,33)/t24-,25+,26?/m0/s1. The summed E-state index contributed by atoms with van der Waals surface area (Å²) in [5.41, 5.74) is 1.69. The lowest BCUT2D eigenvalue weighted by Gasteiger charge is -2.43. The van der Waals surface area contributed by atoms with E-state index in [4.69, 9.17) is 9.16 Å². The highest BCUT2D eigenvalue weighted by atomic mass is 28.4. The van der Waals surface area contributed by atoms with Crippen LogP contribution in [0.1, 0.15) is 82.0 Å². The van der Waals surface area contributed by atoms with Gasteiger partial charge in [0.2, 0.25) is 0 Å². The Morgan fingerprint density at radius 3 is 2.08 bits per heavy atom. The number of carbonyl (C=O) groups excluding carboxylic acids is 1. The molecule has 0 bridgehead atoms. The van der Waals surface area contributed by atoms with E-state index in [1.807, 2.05) is 56.0 Å². The van der Waals surface area contributed by atoms with Crippen LogP contribution in [0.5, 0.6) is 0 Å². The topological polar surface area (TPSA) is 76.1 Å². The fourth-order valence-corrected chi connectivity index (χ4v) is 5.85. The number of hydrogen-bond acceptors (Lipinski definition) is 4. The predicted octanol–water partition coefficient (Wildman–Crippen LogP) is 7.46. The number of carbonyl (C=O) groups is 2. The van der Waals surface area contributed by atoms with Crippen molar-refractivity contribution in [3.63, 3.8) is 0 Å². The van der Waals surface area contributed by atoms with Gasteiger partial charge in [0, 0.05) is 6.04 Å². The van der Waals surface area contributed by atoms with E-state index in [2.05, 4.69) is 46.0 Å². The zero-order valence-corrected chi connectivity index (χ0v) is 24.6. The fraction of sp³-hybridized carbons (Fsp3) is 0.533. The average Bonchev–Trinajstić information content (AvgIpc) is 3.20. The van der Waals surface area contributed by atoms with Gasteiger partial charge in [0.15, 0.2) is 8.32 Å². The highest BCUT2D eigenvalue weighted by Crippen LogP contribution is 2.44. The number of benzene rings is 2. The Morgan fingerprint density at radius 1 is 0.973 bits per heavy atom. The van der Waals surface area contributed by atoms with E-state index in [0.717, 1.165) is 24.0 Å². The van der Waals surface area contributed by atoms with Crippen LogP contribution in [0.2, 0.25) is 18.1 Å². The number of hydrogen-bond donors (Lipinski definition) is 1. The lowest BCUT2D eigenvalue weighted by atomic mass is 10.0. The van der Waals surface area contributed by atoms with Gasteiger partial charge in [0.05, 0.1) is 17.7 Å². The number of aromatic carboxylic acids is 1. The Morgan fingerprint density at radius 2 is 1.57 bits per heavy atom. The van der Waals surface area contributed by atoms with Crippen LogP contribution < -0.4 is 0 Å². The fourth-order valence-electron chi connectivity index (χ4n) is 4.57. The summed E-state index contributed by atoms with van der Waals surface area (Å²) in [6, 6.07) is 16.9. The molecule has 7 heteroatoms. The molecule has 3 atom stereocenters. The third-order valence-corrected chi connectivity index (χ3v) is 12.0. The van der Waals surface area contributed by atoms with E-state index >= 15 is 0 Å². The molecule has 0 spiro atoms. The van der Waals surface area contributed by atoms with Crippen molar-refractivity contribution in [3.05, 3.63) is 71.3 Å². The zero-order valence-electron chi connectivity index (χ0n) is 23.6. The lowest BCUT2D eigenvalue weighted by Crippen LogP contribution is -2.50. The van der Waals surface area contributed by atoms with Crippen LogP contribution in [0.15, 0.2) is 54.6 Å². The van der Waals surface area contributed by atoms with Gasteiger partial charge in [-0.2, -0.15) is 0 Å². The van der Waals surface area contributed by atoms with Crippen LogP contribution >= 0.6 is 0 Å². The SMILES string of the molecule is CC(C)(C)OC(=O)N1[C@H](Cc2ccc(C(=O)O)cc2)CC[C@@H]1C(O[Si](C)(C)C(C)(C)C)c1ccccc1. The number of nitrogens with zero attached hydrogens (tertiary/aromatic N) is 1. The largest absolute Gasteiger partial charge is 0.478 e. The van der Waals surface area contributed by atoms with E-state index in [1.165, 1.54) is 0 Å². The molecule has 1 unspecified atom stereocenters. The van der Waals surface area contributed by atoms with Crippen LogP contribution in [-0.4, -0.2) is 48.1 Å². The molecule has 1 N–H and O–H groups in total. The van der Waals surface area contributed by atoms with Gasteiger partial charge in [-0.3, -0.25) is 4.90 Å². The first-order chi connectivity index (χ1) is 17.1. The molecular weight excluding hydrogens is 482 g/mol. The maximum absolute atomic E-state index is 13.7. The van der Waals surface area contributed by atoms with E-state index in [0.29, 0.717) is 6.42 Å². The van der Waals surface area contributed by atoms with Crippen LogP contribution in [-0.2, 0) is 15.6 Å². The Labute approximate surface area is 223 Å². The van der Waals surface area contributed by atoms with Crippen molar-refractivity contribution >= 4 is 20.4 Å². The quantitative estimate of drug-likeness (QED) is 0.380. The van der Waals surface area contributed by atoms with Gasteiger partial charge in [-0.1, -0.05) is 63.2 Å². The normalized spacial score (nSPS) is 19.5. The molecule has 0 aliphatic carbocycles.